The van der Waals surface area contributed by atoms with Gasteiger partial charge in [0.2, 0.25) is 0 Å². The molecule has 4 nitrogen and oxygen atoms in total. The van der Waals surface area contributed by atoms with Crippen LogP contribution in [0.2, 0.25) is 0 Å². The molecule has 0 aromatic heterocycles. The molecule has 1 rings (SSSR count). The maximum absolute atomic E-state index is 9.05. The number of aliphatic hydroxyl groups is 2. The van der Waals surface area contributed by atoms with Crippen molar-refractivity contribution in [3.8, 4) is 0 Å². The van der Waals surface area contributed by atoms with E-state index >= 15 is 0 Å². The minimum Gasteiger partial charge on any atom is -0.394 e. The van der Waals surface area contributed by atoms with Crippen LogP contribution < -0.4 is 0 Å². The zero-order chi connectivity index (χ0) is 11.0. The predicted octanol–water partition coefficient (Wildman–Crippen LogP) is 0.517. The summed E-state index contributed by atoms with van der Waals surface area (Å²) in [7, 11) is 0. The van der Waals surface area contributed by atoms with Crippen molar-refractivity contribution >= 4 is 0 Å². The van der Waals surface area contributed by atoms with E-state index in [0.29, 0.717) is 0 Å². The van der Waals surface area contributed by atoms with Gasteiger partial charge in [0.05, 0.1) is 13.2 Å². The van der Waals surface area contributed by atoms with Gasteiger partial charge in [0.1, 0.15) is 12.2 Å². The minimum absolute atomic E-state index is 0.128. The first kappa shape index (κ1) is 11.9. The van der Waals surface area contributed by atoms with E-state index in [-0.39, 0.29) is 18.6 Å². The van der Waals surface area contributed by atoms with Gasteiger partial charge in [-0.25, -0.2) is 0 Å². The summed E-state index contributed by atoms with van der Waals surface area (Å²) in [4.78, 5) is 0. The summed E-state index contributed by atoms with van der Waals surface area (Å²) in [5.74, 6) is -0.742. The highest BCUT2D eigenvalue weighted by molar-refractivity contribution is 4.90. The summed E-state index contributed by atoms with van der Waals surface area (Å²) in [5, 5.41) is 18.1. The molecule has 1 fully saturated rings. The van der Waals surface area contributed by atoms with Gasteiger partial charge in [-0.3, -0.25) is 0 Å². The molecule has 4 heteroatoms. The summed E-state index contributed by atoms with van der Waals surface area (Å²) >= 11 is 0. The van der Waals surface area contributed by atoms with Crippen LogP contribution in [0.3, 0.4) is 0 Å². The van der Waals surface area contributed by atoms with Crippen LogP contribution in [0.4, 0.5) is 0 Å². The monoisotopic (exact) mass is 204 g/mol. The summed E-state index contributed by atoms with van der Waals surface area (Å²) in [6, 6.07) is 0. The van der Waals surface area contributed by atoms with Crippen LogP contribution in [-0.4, -0.2) is 41.4 Å². The third-order valence-corrected chi connectivity index (χ3v) is 2.89. The van der Waals surface area contributed by atoms with Crippen molar-refractivity contribution in [3.63, 3.8) is 0 Å². The molecular weight excluding hydrogens is 184 g/mol. The van der Waals surface area contributed by atoms with Gasteiger partial charge in [0.15, 0.2) is 5.79 Å². The van der Waals surface area contributed by atoms with Gasteiger partial charge < -0.3 is 19.7 Å². The van der Waals surface area contributed by atoms with E-state index in [2.05, 4.69) is 0 Å². The lowest BCUT2D eigenvalue weighted by molar-refractivity contribution is -0.227. The van der Waals surface area contributed by atoms with Crippen molar-refractivity contribution in [2.45, 2.75) is 45.7 Å². The molecule has 0 unspecified atom stereocenters. The second-order valence-corrected chi connectivity index (χ2v) is 4.87. The molecule has 84 valence electrons. The van der Waals surface area contributed by atoms with Crippen molar-refractivity contribution in [3.05, 3.63) is 0 Å². The van der Waals surface area contributed by atoms with Gasteiger partial charge in [-0.05, 0) is 6.92 Å². The lowest BCUT2D eigenvalue weighted by atomic mass is 9.87. The van der Waals surface area contributed by atoms with Crippen LogP contribution in [0.25, 0.3) is 0 Å². The third-order valence-electron chi connectivity index (χ3n) is 2.89. The Hall–Kier alpha value is -0.160. The zero-order valence-corrected chi connectivity index (χ0v) is 9.28. The Kier molecular flexibility index (Phi) is 3.21. The van der Waals surface area contributed by atoms with E-state index in [4.69, 9.17) is 19.7 Å². The minimum atomic E-state index is -0.742. The van der Waals surface area contributed by atoms with Gasteiger partial charge >= 0.3 is 0 Å². The van der Waals surface area contributed by atoms with E-state index in [1.54, 1.807) is 0 Å². The average Bonchev–Trinajstić information content (AvgIpc) is 2.42. The number of ether oxygens (including phenoxy) is 2. The van der Waals surface area contributed by atoms with Crippen molar-refractivity contribution < 1.29 is 19.7 Å². The highest BCUT2D eigenvalue weighted by atomic mass is 16.8. The Morgan fingerprint density at radius 1 is 1.07 bits per heavy atom. The molecule has 1 aliphatic heterocycles. The van der Waals surface area contributed by atoms with E-state index in [1.165, 1.54) is 0 Å². The lowest BCUT2D eigenvalue weighted by Gasteiger charge is -2.36. The molecular formula is C10H20O4. The van der Waals surface area contributed by atoms with Crippen LogP contribution in [0.1, 0.15) is 27.7 Å². The molecule has 0 aromatic rings. The van der Waals surface area contributed by atoms with Gasteiger partial charge in [-0.15, -0.1) is 0 Å². The van der Waals surface area contributed by atoms with Crippen LogP contribution in [0.15, 0.2) is 0 Å². The molecule has 0 amide bonds. The predicted molar refractivity (Wildman–Crippen MR) is 51.8 cm³/mol. The van der Waals surface area contributed by atoms with Crippen molar-refractivity contribution in [1.29, 1.82) is 0 Å². The highest BCUT2D eigenvalue weighted by Gasteiger charge is 2.50. The van der Waals surface area contributed by atoms with Crippen LogP contribution in [0, 0.1) is 5.41 Å². The fraction of sp³-hybridized carbons (Fsp3) is 1.00. The molecule has 14 heavy (non-hydrogen) atoms. The smallest absolute Gasteiger partial charge is 0.171 e. The average molecular weight is 204 g/mol. The standard InChI is InChI=1S/C10H20O4/c1-9(2,3)10(4)13-7(5-11)8(6-12)14-10/h7-8,11-12H,5-6H2,1-4H3/t7-,8-/m0/s1. The number of aliphatic hydroxyl groups excluding tert-OH is 2. The van der Waals surface area contributed by atoms with E-state index in [0.717, 1.165) is 0 Å². The Morgan fingerprint density at radius 3 is 1.64 bits per heavy atom. The third kappa shape index (κ3) is 1.93. The molecule has 0 radical (unpaired) electrons. The Balaban J connectivity index is 2.78. The topological polar surface area (TPSA) is 58.9 Å². The first-order chi connectivity index (χ1) is 6.34. The van der Waals surface area contributed by atoms with Gasteiger partial charge in [0, 0.05) is 5.41 Å². The van der Waals surface area contributed by atoms with Crippen molar-refractivity contribution in [1.82, 2.24) is 0 Å². The highest BCUT2D eigenvalue weighted by Crippen LogP contribution is 2.41. The summed E-state index contributed by atoms with van der Waals surface area (Å²) in [5.41, 5.74) is -0.190. The summed E-state index contributed by atoms with van der Waals surface area (Å²) in [6.45, 7) is 7.59. The SMILES string of the molecule is CC(C)(C)C1(C)O[C@@H](CO)[C@H](CO)O1. The zero-order valence-electron chi connectivity index (χ0n) is 9.28. The number of rotatable bonds is 2. The van der Waals surface area contributed by atoms with Gasteiger partial charge in [0.25, 0.3) is 0 Å². The van der Waals surface area contributed by atoms with Crippen LogP contribution in [0.5, 0.6) is 0 Å². The van der Waals surface area contributed by atoms with Gasteiger partial charge in [-0.2, -0.15) is 0 Å². The molecule has 0 aliphatic carbocycles. The quantitative estimate of drug-likeness (QED) is 0.688. The maximum atomic E-state index is 9.05. The first-order valence-corrected chi connectivity index (χ1v) is 4.91. The molecule has 0 bridgehead atoms. The van der Waals surface area contributed by atoms with E-state index in [9.17, 15) is 0 Å². The Bertz CT molecular complexity index is 185. The molecule has 2 N–H and O–H groups in total. The number of hydrogen-bond donors (Lipinski definition) is 2. The summed E-state index contributed by atoms with van der Waals surface area (Å²) in [6.07, 6.45) is -0.853. The molecule has 0 aromatic carbocycles. The second kappa shape index (κ2) is 3.77. The van der Waals surface area contributed by atoms with E-state index in [1.807, 2.05) is 27.7 Å². The summed E-state index contributed by atoms with van der Waals surface area (Å²) < 4.78 is 11.3. The molecule has 1 aliphatic rings. The molecule has 1 saturated heterocycles. The lowest BCUT2D eigenvalue weighted by Crippen LogP contribution is -2.41. The van der Waals surface area contributed by atoms with Crippen LogP contribution >= 0.6 is 0 Å². The van der Waals surface area contributed by atoms with Crippen LogP contribution in [-0.2, 0) is 9.47 Å². The Labute approximate surface area is 84.8 Å². The van der Waals surface area contributed by atoms with Crippen molar-refractivity contribution in [2.75, 3.05) is 13.2 Å². The Morgan fingerprint density at radius 2 is 1.43 bits per heavy atom. The van der Waals surface area contributed by atoms with E-state index < -0.39 is 18.0 Å². The van der Waals surface area contributed by atoms with Gasteiger partial charge in [-0.1, -0.05) is 20.8 Å². The fourth-order valence-electron chi connectivity index (χ4n) is 1.42. The molecule has 0 spiro atoms. The fourth-order valence-corrected chi connectivity index (χ4v) is 1.42. The first-order valence-electron chi connectivity index (χ1n) is 4.91. The van der Waals surface area contributed by atoms with Crippen molar-refractivity contribution in [2.24, 2.45) is 5.41 Å². The second-order valence-electron chi connectivity index (χ2n) is 4.87. The molecule has 2 atom stereocenters. The largest absolute Gasteiger partial charge is 0.394 e. The maximum Gasteiger partial charge on any atom is 0.171 e. The normalized spacial score (nSPS) is 32.1. The molecule has 1 heterocycles. The number of hydrogen-bond acceptors (Lipinski definition) is 4. The molecule has 0 saturated carbocycles.